The molecule has 1 aromatic heterocycles. The lowest BCUT2D eigenvalue weighted by atomic mass is 10.1. The average molecular weight is 423 g/mol. The van der Waals surface area contributed by atoms with Gasteiger partial charge in [0.2, 0.25) is 5.91 Å². The number of aromatic nitrogens is 3. The first-order valence-electron chi connectivity index (χ1n) is 9.63. The van der Waals surface area contributed by atoms with Crippen molar-refractivity contribution in [2.45, 2.75) is 27.3 Å². The topological polar surface area (TPSA) is 107 Å². The number of nitrogens with zero attached hydrogens (tertiary/aromatic N) is 3. The molecule has 9 nitrogen and oxygen atoms in total. The second kappa shape index (κ2) is 9.29. The van der Waals surface area contributed by atoms with E-state index in [9.17, 15) is 9.59 Å². The number of amides is 2. The van der Waals surface area contributed by atoms with Crippen molar-refractivity contribution in [3.63, 3.8) is 0 Å². The molecule has 0 saturated carbocycles. The number of rotatable bonds is 7. The monoisotopic (exact) mass is 423 g/mol. The van der Waals surface area contributed by atoms with Crippen LogP contribution in [-0.4, -0.2) is 41.0 Å². The van der Waals surface area contributed by atoms with E-state index < -0.39 is 0 Å². The van der Waals surface area contributed by atoms with E-state index in [4.69, 9.17) is 9.47 Å². The van der Waals surface area contributed by atoms with Crippen molar-refractivity contribution in [2.24, 2.45) is 0 Å². The van der Waals surface area contributed by atoms with Crippen LogP contribution in [0.25, 0.3) is 0 Å². The SMILES string of the molecule is COc1cc(NC(=O)Cn2nnc(C(=O)Nc3c(C)cccc3C)c2C)cc(OC)c1. The van der Waals surface area contributed by atoms with Gasteiger partial charge in [-0.1, -0.05) is 23.4 Å². The van der Waals surface area contributed by atoms with Crippen LogP contribution in [0.2, 0.25) is 0 Å². The van der Waals surface area contributed by atoms with Crippen LogP contribution in [0.5, 0.6) is 11.5 Å². The summed E-state index contributed by atoms with van der Waals surface area (Å²) in [4.78, 5) is 25.2. The third-order valence-electron chi connectivity index (χ3n) is 4.85. The summed E-state index contributed by atoms with van der Waals surface area (Å²) in [7, 11) is 3.06. The number of nitrogens with one attached hydrogen (secondary N) is 2. The van der Waals surface area contributed by atoms with Crippen molar-refractivity contribution in [1.82, 2.24) is 15.0 Å². The number of hydrogen-bond acceptors (Lipinski definition) is 6. The zero-order chi connectivity index (χ0) is 22.5. The molecule has 9 heteroatoms. The van der Waals surface area contributed by atoms with Crippen LogP contribution in [0, 0.1) is 20.8 Å². The predicted octanol–water partition coefficient (Wildman–Crippen LogP) is 3.11. The quantitative estimate of drug-likeness (QED) is 0.605. The Bertz CT molecular complexity index is 1080. The third kappa shape index (κ3) is 5.00. The van der Waals surface area contributed by atoms with Crippen molar-refractivity contribution in [3.05, 3.63) is 58.9 Å². The van der Waals surface area contributed by atoms with E-state index in [0.29, 0.717) is 22.9 Å². The second-order valence-corrected chi connectivity index (χ2v) is 7.05. The Balaban J connectivity index is 1.71. The van der Waals surface area contributed by atoms with Gasteiger partial charge >= 0.3 is 0 Å². The largest absolute Gasteiger partial charge is 0.497 e. The molecule has 0 atom stereocenters. The van der Waals surface area contributed by atoms with E-state index >= 15 is 0 Å². The number of ether oxygens (including phenoxy) is 2. The number of anilines is 2. The van der Waals surface area contributed by atoms with E-state index in [0.717, 1.165) is 16.8 Å². The fourth-order valence-electron chi connectivity index (χ4n) is 3.12. The molecule has 3 rings (SSSR count). The molecule has 2 amide bonds. The molecule has 0 spiro atoms. The number of methoxy groups -OCH3 is 2. The van der Waals surface area contributed by atoms with Crippen molar-refractivity contribution in [2.75, 3.05) is 24.9 Å². The average Bonchev–Trinajstić information content (AvgIpc) is 3.10. The van der Waals surface area contributed by atoms with Gasteiger partial charge in [-0.25, -0.2) is 4.68 Å². The van der Waals surface area contributed by atoms with Crippen LogP contribution >= 0.6 is 0 Å². The highest BCUT2D eigenvalue weighted by Gasteiger charge is 2.19. The van der Waals surface area contributed by atoms with Gasteiger partial charge < -0.3 is 20.1 Å². The highest BCUT2D eigenvalue weighted by Crippen LogP contribution is 2.26. The minimum atomic E-state index is -0.376. The van der Waals surface area contributed by atoms with Gasteiger partial charge in [-0.15, -0.1) is 5.10 Å². The summed E-state index contributed by atoms with van der Waals surface area (Å²) in [6, 6.07) is 10.8. The third-order valence-corrected chi connectivity index (χ3v) is 4.85. The summed E-state index contributed by atoms with van der Waals surface area (Å²) < 4.78 is 11.8. The van der Waals surface area contributed by atoms with Crippen LogP contribution in [0.4, 0.5) is 11.4 Å². The first-order chi connectivity index (χ1) is 14.8. The Morgan fingerprint density at radius 1 is 0.968 bits per heavy atom. The predicted molar refractivity (Wildman–Crippen MR) is 117 cm³/mol. The molecular formula is C22H25N5O4. The van der Waals surface area contributed by atoms with E-state index in [1.807, 2.05) is 32.0 Å². The summed E-state index contributed by atoms with van der Waals surface area (Å²) in [5, 5.41) is 13.6. The first kappa shape index (κ1) is 21.8. The van der Waals surface area contributed by atoms with Crippen molar-refractivity contribution >= 4 is 23.2 Å². The Labute approximate surface area is 180 Å². The van der Waals surface area contributed by atoms with Gasteiger partial charge in [-0.3, -0.25) is 9.59 Å². The number of carbonyl (C=O) groups is 2. The van der Waals surface area contributed by atoms with Crippen LogP contribution in [0.3, 0.4) is 0 Å². The van der Waals surface area contributed by atoms with Gasteiger partial charge in [-0.05, 0) is 31.9 Å². The number of aryl methyl sites for hydroxylation is 2. The zero-order valence-electron chi connectivity index (χ0n) is 18.1. The minimum Gasteiger partial charge on any atom is -0.497 e. The maximum absolute atomic E-state index is 12.7. The highest BCUT2D eigenvalue weighted by molar-refractivity contribution is 6.04. The van der Waals surface area contributed by atoms with Crippen molar-refractivity contribution in [3.8, 4) is 11.5 Å². The number of carbonyl (C=O) groups excluding carboxylic acids is 2. The fraction of sp³-hybridized carbons (Fsp3) is 0.273. The normalized spacial score (nSPS) is 10.5. The molecule has 0 aliphatic rings. The van der Waals surface area contributed by atoms with Gasteiger partial charge in [0.1, 0.15) is 18.0 Å². The highest BCUT2D eigenvalue weighted by atomic mass is 16.5. The van der Waals surface area contributed by atoms with Crippen LogP contribution in [-0.2, 0) is 11.3 Å². The molecule has 0 aliphatic heterocycles. The van der Waals surface area contributed by atoms with Gasteiger partial charge in [0.05, 0.1) is 19.9 Å². The zero-order valence-corrected chi connectivity index (χ0v) is 18.1. The van der Waals surface area contributed by atoms with E-state index in [2.05, 4.69) is 20.9 Å². The van der Waals surface area contributed by atoms with Crippen molar-refractivity contribution < 1.29 is 19.1 Å². The molecule has 3 aromatic rings. The maximum Gasteiger partial charge on any atom is 0.278 e. The van der Waals surface area contributed by atoms with Crippen molar-refractivity contribution in [1.29, 1.82) is 0 Å². The Kier molecular flexibility index (Phi) is 6.54. The summed E-state index contributed by atoms with van der Waals surface area (Å²) in [6.07, 6.45) is 0. The maximum atomic E-state index is 12.7. The first-order valence-corrected chi connectivity index (χ1v) is 9.63. The molecule has 0 saturated heterocycles. The molecule has 0 aliphatic carbocycles. The summed E-state index contributed by atoms with van der Waals surface area (Å²) in [6.45, 7) is 5.44. The number of para-hydroxylation sites is 1. The minimum absolute atomic E-state index is 0.102. The van der Waals surface area contributed by atoms with Crippen LogP contribution in [0.15, 0.2) is 36.4 Å². The van der Waals surface area contributed by atoms with Gasteiger partial charge in [0.25, 0.3) is 5.91 Å². The molecule has 0 bridgehead atoms. The lowest BCUT2D eigenvalue weighted by Crippen LogP contribution is -2.21. The summed E-state index contributed by atoms with van der Waals surface area (Å²) >= 11 is 0. The molecule has 0 unspecified atom stereocenters. The second-order valence-electron chi connectivity index (χ2n) is 7.05. The van der Waals surface area contributed by atoms with Gasteiger partial charge in [0.15, 0.2) is 5.69 Å². The Morgan fingerprint density at radius 2 is 1.58 bits per heavy atom. The molecule has 2 N–H and O–H groups in total. The molecule has 0 fully saturated rings. The summed E-state index contributed by atoms with van der Waals surface area (Å²) in [5.74, 6) is 0.401. The molecule has 1 heterocycles. The molecule has 31 heavy (non-hydrogen) atoms. The molecule has 0 radical (unpaired) electrons. The molecule has 2 aromatic carbocycles. The smallest absolute Gasteiger partial charge is 0.278 e. The molecule has 162 valence electrons. The summed E-state index contributed by atoms with van der Waals surface area (Å²) in [5.41, 5.74) is 3.82. The molecular weight excluding hydrogens is 398 g/mol. The van der Waals surface area contributed by atoms with Crippen LogP contribution < -0.4 is 20.1 Å². The standard InChI is InChI=1S/C22H25N5O4/c1-13-7-6-8-14(2)20(13)24-22(29)21-15(3)27(26-25-21)12-19(28)23-16-9-17(30-4)11-18(10-16)31-5/h6-11H,12H2,1-5H3,(H,23,28)(H,24,29). The number of benzene rings is 2. The lowest BCUT2D eigenvalue weighted by molar-refractivity contribution is -0.117. The Morgan fingerprint density at radius 3 is 2.16 bits per heavy atom. The van der Waals surface area contributed by atoms with Gasteiger partial charge in [0, 0.05) is 29.6 Å². The van der Waals surface area contributed by atoms with Crippen LogP contribution in [0.1, 0.15) is 27.3 Å². The Hall–Kier alpha value is -3.88. The van der Waals surface area contributed by atoms with E-state index in [1.165, 1.54) is 18.9 Å². The number of hydrogen-bond donors (Lipinski definition) is 2. The van der Waals surface area contributed by atoms with Gasteiger partial charge in [-0.2, -0.15) is 0 Å². The van der Waals surface area contributed by atoms with E-state index in [-0.39, 0.29) is 24.1 Å². The van der Waals surface area contributed by atoms with E-state index in [1.54, 1.807) is 25.1 Å². The fourth-order valence-corrected chi connectivity index (χ4v) is 3.12. The lowest BCUT2D eigenvalue weighted by Gasteiger charge is -2.11.